The number of amides is 1. The van der Waals surface area contributed by atoms with Gasteiger partial charge in [0, 0.05) is 5.69 Å². The molecule has 0 atom stereocenters. The van der Waals surface area contributed by atoms with E-state index in [0.29, 0.717) is 11.4 Å². The quantitative estimate of drug-likeness (QED) is 0.355. The molecular weight excluding hydrogens is 385 g/mol. The van der Waals surface area contributed by atoms with Gasteiger partial charge in [-0.15, -0.1) is 0 Å². The van der Waals surface area contributed by atoms with Gasteiger partial charge in [0.15, 0.2) is 0 Å². The highest BCUT2D eigenvalue weighted by atomic mass is 127. The smallest absolute Gasteiger partial charge is 0.412 e. The zero-order chi connectivity index (χ0) is 16.3. The van der Waals surface area contributed by atoms with Crippen LogP contribution in [0, 0.1) is 0 Å². The lowest BCUT2D eigenvalue weighted by Crippen LogP contribution is -2.29. The molecule has 0 aliphatic carbocycles. The average Bonchev–Trinajstić information content (AvgIpc) is 2.27. The molecule has 1 amide bonds. The Balaban J connectivity index is 2.63. The minimum atomic E-state index is -0.592. The zero-order valence-electron chi connectivity index (χ0n) is 12.8. The van der Waals surface area contributed by atoms with Gasteiger partial charge in [0.2, 0.25) is 0 Å². The van der Waals surface area contributed by atoms with Crippen molar-refractivity contribution in [1.29, 1.82) is 0 Å². The van der Waals surface area contributed by atoms with Crippen molar-refractivity contribution in [3.05, 3.63) is 24.3 Å². The minimum absolute atomic E-state index is 0.323. The molecule has 0 unspecified atom stereocenters. The molecule has 0 heterocycles. The van der Waals surface area contributed by atoms with Crippen molar-refractivity contribution in [2.24, 2.45) is 0 Å². The van der Waals surface area contributed by atoms with Crippen molar-refractivity contribution >= 4 is 40.3 Å². The van der Waals surface area contributed by atoms with E-state index in [-0.39, 0.29) is 5.97 Å². The lowest BCUT2D eigenvalue weighted by atomic mass is 10.2. The molecule has 6 heteroatoms. The number of hydrogen-bond acceptors (Lipinski definition) is 4. The van der Waals surface area contributed by atoms with Crippen LogP contribution in [0.25, 0.3) is 0 Å². The van der Waals surface area contributed by atoms with E-state index >= 15 is 0 Å². The maximum atomic E-state index is 11.7. The Morgan fingerprint density at radius 3 is 2.00 bits per heavy atom. The van der Waals surface area contributed by atoms with Crippen LogP contribution >= 0.6 is 22.6 Å². The van der Waals surface area contributed by atoms with E-state index in [9.17, 15) is 9.59 Å². The SMILES string of the molecule is CC(C)(C)OC(=O)Nc1ccc(OC(=O)C(C)(C)I)cc1. The molecular formula is C15H20INO4. The first-order chi connectivity index (χ1) is 9.47. The molecule has 0 bridgehead atoms. The van der Waals surface area contributed by atoms with Crippen molar-refractivity contribution in [3.8, 4) is 5.75 Å². The number of halogens is 1. The third kappa shape index (κ3) is 6.79. The molecule has 1 rings (SSSR count). The number of hydrogen-bond donors (Lipinski definition) is 1. The summed E-state index contributed by atoms with van der Waals surface area (Å²) in [5, 5.41) is 2.61. The molecule has 0 saturated carbocycles. The number of rotatable bonds is 3. The summed E-state index contributed by atoms with van der Waals surface area (Å²) in [6.45, 7) is 8.92. The van der Waals surface area contributed by atoms with Gasteiger partial charge in [-0.25, -0.2) is 4.79 Å². The molecule has 0 aromatic heterocycles. The summed E-state index contributed by atoms with van der Waals surface area (Å²) >= 11 is 2.02. The summed E-state index contributed by atoms with van der Waals surface area (Å²) in [6, 6.07) is 6.53. The Bertz CT molecular complexity index is 512. The molecule has 0 radical (unpaired) electrons. The van der Waals surface area contributed by atoms with Gasteiger partial charge in [0.05, 0.1) is 0 Å². The van der Waals surface area contributed by atoms with Crippen LogP contribution in [0.1, 0.15) is 34.6 Å². The van der Waals surface area contributed by atoms with Crippen LogP contribution in [-0.4, -0.2) is 21.1 Å². The second kappa shape index (κ2) is 6.64. The van der Waals surface area contributed by atoms with Crippen molar-refractivity contribution in [2.75, 3.05) is 5.32 Å². The largest absolute Gasteiger partial charge is 0.444 e. The second-order valence-corrected chi connectivity index (χ2v) is 8.71. The van der Waals surface area contributed by atoms with Gasteiger partial charge in [0.1, 0.15) is 14.8 Å². The number of anilines is 1. The van der Waals surface area contributed by atoms with Crippen LogP contribution in [0.5, 0.6) is 5.75 Å². The molecule has 0 aliphatic heterocycles. The van der Waals surface area contributed by atoms with Crippen LogP contribution in [0.4, 0.5) is 10.5 Å². The fourth-order valence-corrected chi connectivity index (χ4v) is 1.37. The summed E-state index contributed by atoms with van der Waals surface area (Å²) in [5.74, 6) is 0.107. The Morgan fingerprint density at radius 2 is 1.57 bits per heavy atom. The van der Waals surface area contributed by atoms with Gasteiger partial charge in [-0.2, -0.15) is 0 Å². The summed E-state index contributed by atoms with van der Waals surface area (Å²) < 4.78 is 9.78. The summed E-state index contributed by atoms with van der Waals surface area (Å²) in [5.41, 5.74) is 0.0172. The third-order valence-electron chi connectivity index (χ3n) is 2.20. The fraction of sp³-hybridized carbons (Fsp3) is 0.467. The summed E-state index contributed by atoms with van der Waals surface area (Å²) in [4.78, 5) is 23.3. The highest BCUT2D eigenvalue weighted by Crippen LogP contribution is 2.22. The highest BCUT2D eigenvalue weighted by molar-refractivity contribution is 14.1. The van der Waals surface area contributed by atoms with Gasteiger partial charge in [0.25, 0.3) is 0 Å². The topological polar surface area (TPSA) is 64.6 Å². The first-order valence-corrected chi connectivity index (χ1v) is 7.56. The van der Waals surface area contributed by atoms with Crippen molar-refractivity contribution in [1.82, 2.24) is 0 Å². The van der Waals surface area contributed by atoms with E-state index in [1.165, 1.54) is 0 Å². The standard InChI is InChI=1S/C15H20INO4/c1-14(2,3)21-13(19)17-10-6-8-11(9-7-10)20-12(18)15(4,5)16/h6-9H,1-5H3,(H,17,19). The maximum Gasteiger partial charge on any atom is 0.412 e. The van der Waals surface area contributed by atoms with E-state index in [4.69, 9.17) is 9.47 Å². The summed E-state index contributed by atoms with van der Waals surface area (Å²) in [7, 11) is 0. The fourth-order valence-electron chi connectivity index (χ4n) is 1.26. The molecule has 0 fully saturated rings. The Morgan fingerprint density at radius 1 is 1.05 bits per heavy atom. The van der Waals surface area contributed by atoms with E-state index in [2.05, 4.69) is 5.32 Å². The van der Waals surface area contributed by atoms with Gasteiger partial charge < -0.3 is 9.47 Å². The number of ether oxygens (including phenoxy) is 2. The lowest BCUT2D eigenvalue weighted by Gasteiger charge is -2.19. The Kier molecular flexibility index (Phi) is 5.61. The van der Waals surface area contributed by atoms with Gasteiger partial charge >= 0.3 is 12.1 Å². The molecule has 116 valence electrons. The van der Waals surface area contributed by atoms with Crippen LogP contribution in [0.3, 0.4) is 0 Å². The van der Waals surface area contributed by atoms with Crippen LogP contribution in [0.2, 0.25) is 0 Å². The normalized spacial score (nSPS) is 11.7. The van der Waals surface area contributed by atoms with Crippen LogP contribution in [0.15, 0.2) is 24.3 Å². The Labute approximate surface area is 138 Å². The van der Waals surface area contributed by atoms with E-state index in [0.717, 1.165) is 0 Å². The predicted octanol–water partition coefficient (Wildman–Crippen LogP) is 4.15. The van der Waals surface area contributed by atoms with Gasteiger partial charge in [-0.3, -0.25) is 10.1 Å². The van der Waals surface area contributed by atoms with Crippen LogP contribution < -0.4 is 10.1 Å². The minimum Gasteiger partial charge on any atom is -0.444 e. The first-order valence-electron chi connectivity index (χ1n) is 6.49. The highest BCUT2D eigenvalue weighted by Gasteiger charge is 2.25. The number of esters is 1. The van der Waals surface area contributed by atoms with Gasteiger partial charge in [-0.05, 0) is 58.9 Å². The van der Waals surface area contributed by atoms with E-state index in [1.54, 1.807) is 58.9 Å². The number of alkyl halides is 1. The molecule has 0 spiro atoms. The maximum absolute atomic E-state index is 11.7. The van der Waals surface area contributed by atoms with Crippen molar-refractivity contribution < 1.29 is 19.1 Å². The zero-order valence-corrected chi connectivity index (χ0v) is 15.0. The number of benzene rings is 1. The number of carbonyl (C=O) groups excluding carboxylic acids is 2. The Hall–Kier alpha value is -1.31. The average molecular weight is 405 g/mol. The molecule has 1 aromatic rings. The van der Waals surface area contributed by atoms with Crippen molar-refractivity contribution in [2.45, 2.75) is 43.6 Å². The van der Waals surface area contributed by atoms with Crippen molar-refractivity contribution in [3.63, 3.8) is 0 Å². The predicted molar refractivity (Wildman–Crippen MR) is 90.0 cm³/mol. The molecule has 1 N–H and O–H groups in total. The molecule has 0 aliphatic rings. The second-order valence-electron chi connectivity index (χ2n) is 6.01. The summed E-state index contributed by atoms with van der Waals surface area (Å²) in [6.07, 6.45) is -0.527. The number of nitrogens with one attached hydrogen (secondary N) is 1. The monoisotopic (exact) mass is 405 g/mol. The molecule has 0 saturated heterocycles. The first kappa shape index (κ1) is 17.7. The lowest BCUT2D eigenvalue weighted by molar-refractivity contribution is -0.135. The molecule has 21 heavy (non-hydrogen) atoms. The van der Waals surface area contributed by atoms with Crippen LogP contribution in [-0.2, 0) is 9.53 Å². The molecule has 5 nitrogen and oxygen atoms in total. The third-order valence-corrected chi connectivity index (χ3v) is 2.64. The number of carbonyl (C=O) groups is 2. The molecule has 1 aromatic carbocycles. The van der Waals surface area contributed by atoms with E-state index < -0.39 is 15.1 Å². The van der Waals surface area contributed by atoms with Gasteiger partial charge in [-0.1, -0.05) is 22.6 Å². The van der Waals surface area contributed by atoms with E-state index in [1.807, 2.05) is 22.6 Å².